The molecular formula is C10H10N2O3. The van der Waals surface area contributed by atoms with Crippen LogP contribution < -0.4 is 10.2 Å². The maximum Gasteiger partial charge on any atom is 0.418 e. The van der Waals surface area contributed by atoms with Gasteiger partial charge in [0.25, 0.3) is 0 Å². The number of rotatable bonds is 1. The van der Waals surface area contributed by atoms with E-state index in [-0.39, 0.29) is 6.42 Å². The van der Waals surface area contributed by atoms with Gasteiger partial charge in [-0.25, -0.2) is 9.69 Å². The van der Waals surface area contributed by atoms with Crippen LogP contribution in [0.2, 0.25) is 0 Å². The Hall–Kier alpha value is -2.04. The molecule has 1 aromatic rings. The summed E-state index contributed by atoms with van der Waals surface area (Å²) in [6.45, 7) is 0. The van der Waals surface area contributed by atoms with E-state index in [1.54, 1.807) is 25.2 Å². The van der Waals surface area contributed by atoms with E-state index < -0.39 is 12.0 Å². The molecule has 5 nitrogen and oxygen atoms in total. The van der Waals surface area contributed by atoms with Crippen LogP contribution in [0.15, 0.2) is 18.2 Å². The predicted molar refractivity (Wildman–Crippen MR) is 55.2 cm³/mol. The Kier molecular flexibility index (Phi) is 2.07. The molecule has 0 saturated heterocycles. The number of fused-ring (bicyclic) bond motifs is 1. The minimum Gasteiger partial charge on any atom is -0.464 e. The van der Waals surface area contributed by atoms with E-state index >= 15 is 0 Å². The molecule has 5 heteroatoms. The van der Waals surface area contributed by atoms with Crippen LogP contribution >= 0.6 is 0 Å². The number of carbonyl (C=O) groups is 2. The molecule has 0 radical (unpaired) electrons. The Morgan fingerprint density at radius 1 is 1.53 bits per heavy atom. The summed E-state index contributed by atoms with van der Waals surface area (Å²) >= 11 is 0. The maximum absolute atomic E-state index is 11.4. The number of carboxylic acid groups (broad SMARTS) is 1. The molecule has 0 fully saturated rings. The second-order valence-corrected chi connectivity index (χ2v) is 3.28. The number of hydrogen-bond acceptors (Lipinski definition) is 3. The van der Waals surface area contributed by atoms with Crippen molar-refractivity contribution in [1.82, 2.24) is 0 Å². The van der Waals surface area contributed by atoms with Crippen molar-refractivity contribution < 1.29 is 14.7 Å². The zero-order valence-electron chi connectivity index (χ0n) is 8.15. The summed E-state index contributed by atoms with van der Waals surface area (Å²) in [6, 6.07) is 5.17. The number of hydrogen-bond donors (Lipinski definition) is 2. The van der Waals surface area contributed by atoms with E-state index in [0.717, 1.165) is 16.2 Å². The smallest absolute Gasteiger partial charge is 0.418 e. The van der Waals surface area contributed by atoms with Gasteiger partial charge in [-0.15, -0.1) is 0 Å². The molecule has 0 unspecified atom stereocenters. The first kappa shape index (κ1) is 9.51. The summed E-state index contributed by atoms with van der Waals surface area (Å²) in [7, 11) is 1.77. The van der Waals surface area contributed by atoms with Crippen molar-refractivity contribution in [3.8, 4) is 0 Å². The third-order valence-electron chi connectivity index (χ3n) is 2.39. The summed E-state index contributed by atoms with van der Waals surface area (Å²) < 4.78 is 0. The third kappa shape index (κ3) is 1.41. The van der Waals surface area contributed by atoms with Crippen molar-refractivity contribution in [3.05, 3.63) is 23.8 Å². The highest BCUT2D eigenvalue weighted by Gasteiger charge is 2.32. The molecule has 15 heavy (non-hydrogen) atoms. The van der Waals surface area contributed by atoms with Gasteiger partial charge in [0.05, 0.1) is 12.1 Å². The second kappa shape index (κ2) is 3.27. The predicted octanol–water partition coefficient (Wildman–Crippen LogP) is 1.30. The summed E-state index contributed by atoms with van der Waals surface area (Å²) in [6.07, 6.45) is -1.08. The summed E-state index contributed by atoms with van der Waals surface area (Å²) in [5.74, 6) is -0.397. The molecule has 1 heterocycles. The van der Waals surface area contributed by atoms with Crippen LogP contribution in [-0.4, -0.2) is 24.2 Å². The molecule has 78 valence electrons. The fourth-order valence-electron chi connectivity index (χ4n) is 1.69. The SMILES string of the molecule is CNc1ccc2c(c1)CC(=O)N2C(=O)O. The van der Waals surface area contributed by atoms with Crippen LogP contribution in [0.1, 0.15) is 5.56 Å². The lowest BCUT2D eigenvalue weighted by molar-refractivity contribution is -0.116. The first-order valence-electron chi connectivity index (χ1n) is 4.50. The number of carbonyl (C=O) groups excluding carboxylic acids is 1. The minimum absolute atomic E-state index is 0.150. The van der Waals surface area contributed by atoms with Crippen molar-refractivity contribution in [1.29, 1.82) is 0 Å². The van der Waals surface area contributed by atoms with Gasteiger partial charge in [-0.3, -0.25) is 4.79 Å². The van der Waals surface area contributed by atoms with Gasteiger partial charge in [-0.1, -0.05) is 0 Å². The molecule has 0 spiro atoms. The molecule has 0 saturated carbocycles. The minimum atomic E-state index is -1.23. The first-order chi connectivity index (χ1) is 7.13. The molecule has 0 aliphatic carbocycles. The first-order valence-corrected chi connectivity index (χ1v) is 4.50. The average molecular weight is 206 g/mol. The number of imide groups is 1. The molecule has 1 aromatic carbocycles. The number of amides is 2. The van der Waals surface area contributed by atoms with Crippen LogP contribution in [-0.2, 0) is 11.2 Å². The van der Waals surface area contributed by atoms with E-state index in [0.29, 0.717) is 5.69 Å². The van der Waals surface area contributed by atoms with Gasteiger partial charge in [0, 0.05) is 12.7 Å². The normalized spacial score (nSPS) is 13.9. The molecular weight excluding hydrogens is 196 g/mol. The summed E-state index contributed by atoms with van der Waals surface area (Å²) in [4.78, 5) is 23.0. The van der Waals surface area contributed by atoms with Gasteiger partial charge >= 0.3 is 6.09 Å². The topological polar surface area (TPSA) is 69.6 Å². The van der Waals surface area contributed by atoms with Gasteiger partial charge in [-0.2, -0.15) is 0 Å². The Balaban J connectivity index is 2.47. The second-order valence-electron chi connectivity index (χ2n) is 3.28. The molecule has 0 atom stereocenters. The molecule has 2 N–H and O–H groups in total. The fourth-order valence-corrected chi connectivity index (χ4v) is 1.69. The number of nitrogens with one attached hydrogen (secondary N) is 1. The zero-order valence-corrected chi connectivity index (χ0v) is 8.15. The van der Waals surface area contributed by atoms with Gasteiger partial charge in [-0.05, 0) is 23.8 Å². The van der Waals surface area contributed by atoms with Crippen LogP contribution in [0.4, 0.5) is 16.2 Å². The highest BCUT2D eigenvalue weighted by Crippen LogP contribution is 2.30. The quantitative estimate of drug-likeness (QED) is 0.726. The lowest BCUT2D eigenvalue weighted by atomic mass is 10.1. The lowest BCUT2D eigenvalue weighted by Gasteiger charge is -2.10. The van der Waals surface area contributed by atoms with Gasteiger partial charge in [0.1, 0.15) is 0 Å². The van der Waals surface area contributed by atoms with Crippen LogP contribution in [0.3, 0.4) is 0 Å². The molecule has 0 aromatic heterocycles. The lowest BCUT2D eigenvalue weighted by Crippen LogP contribution is -2.31. The Labute approximate surface area is 86.3 Å². The third-order valence-corrected chi connectivity index (χ3v) is 2.39. The molecule has 1 aliphatic heterocycles. The highest BCUT2D eigenvalue weighted by atomic mass is 16.4. The standard InChI is InChI=1S/C10H10N2O3/c1-11-7-2-3-8-6(4-7)5-9(13)12(8)10(14)15/h2-4,11H,5H2,1H3,(H,14,15). The van der Waals surface area contributed by atoms with Crippen LogP contribution in [0, 0.1) is 0 Å². The monoisotopic (exact) mass is 206 g/mol. The van der Waals surface area contributed by atoms with Gasteiger partial charge in [0.15, 0.2) is 0 Å². The van der Waals surface area contributed by atoms with E-state index in [1.807, 2.05) is 0 Å². The molecule has 2 rings (SSSR count). The Morgan fingerprint density at radius 3 is 2.87 bits per heavy atom. The average Bonchev–Trinajstić information content (AvgIpc) is 2.52. The van der Waals surface area contributed by atoms with Crippen molar-refractivity contribution in [2.75, 3.05) is 17.3 Å². The van der Waals surface area contributed by atoms with Crippen molar-refractivity contribution >= 4 is 23.4 Å². The van der Waals surface area contributed by atoms with E-state index in [4.69, 9.17) is 5.11 Å². The van der Waals surface area contributed by atoms with E-state index in [9.17, 15) is 9.59 Å². The largest absolute Gasteiger partial charge is 0.464 e. The van der Waals surface area contributed by atoms with Gasteiger partial charge in [0.2, 0.25) is 5.91 Å². The number of nitrogens with zero attached hydrogens (tertiary/aromatic N) is 1. The van der Waals surface area contributed by atoms with Crippen LogP contribution in [0.25, 0.3) is 0 Å². The number of benzene rings is 1. The van der Waals surface area contributed by atoms with Crippen molar-refractivity contribution in [2.45, 2.75) is 6.42 Å². The van der Waals surface area contributed by atoms with Gasteiger partial charge < -0.3 is 10.4 Å². The summed E-state index contributed by atoms with van der Waals surface area (Å²) in [5.41, 5.74) is 2.08. The van der Waals surface area contributed by atoms with Crippen molar-refractivity contribution in [2.24, 2.45) is 0 Å². The summed E-state index contributed by atoms with van der Waals surface area (Å²) in [5, 5.41) is 11.8. The molecule has 2 amide bonds. The Morgan fingerprint density at radius 2 is 2.27 bits per heavy atom. The molecule has 0 bridgehead atoms. The van der Waals surface area contributed by atoms with Crippen molar-refractivity contribution in [3.63, 3.8) is 0 Å². The highest BCUT2D eigenvalue weighted by molar-refractivity contribution is 6.16. The number of anilines is 2. The maximum atomic E-state index is 11.4. The Bertz CT molecular complexity index is 442. The zero-order chi connectivity index (χ0) is 11.0. The van der Waals surface area contributed by atoms with E-state index in [2.05, 4.69) is 5.32 Å². The fraction of sp³-hybridized carbons (Fsp3) is 0.200. The van der Waals surface area contributed by atoms with Crippen LogP contribution in [0.5, 0.6) is 0 Å². The molecule has 1 aliphatic rings. The van der Waals surface area contributed by atoms with E-state index in [1.165, 1.54) is 0 Å².